The average Bonchev–Trinajstić information content (AvgIpc) is 3.30. The number of hydrogen-bond acceptors (Lipinski definition) is 7. The van der Waals surface area contributed by atoms with Crippen LogP contribution in [0.3, 0.4) is 0 Å². The van der Waals surface area contributed by atoms with Crippen LogP contribution in [0, 0.1) is 19.7 Å². The number of hydrogen-bond donors (Lipinski definition) is 3. The molecule has 1 saturated heterocycles. The summed E-state index contributed by atoms with van der Waals surface area (Å²) in [6.45, 7) is 5.39. The molecule has 1 aliphatic heterocycles. The number of aromatic nitrogens is 4. The second kappa shape index (κ2) is 11.5. The Morgan fingerprint density at radius 2 is 1.97 bits per heavy atom. The summed E-state index contributed by atoms with van der Waals surface area (Å²) in [6.07, 6.45) is 6.74. The van der Waals surface area contributed by atoms with Gasteiger partial charge in [0.25, 0.3) is 5.91 Å². The Bertz CT molecular complexity index is 1060. The lowest BCUT2D eigenvalue weighted by Crippen LogP contribution is -2.28. The second-order valence-electron chi connectivity index (χ2n) is 7.72. The molecule has 1 aliphatic rings. The second-order valence-corrected chi connectivity index (χ2v) is 7.72. The van der Waals surface area contributed by atoms with Crippen LogP contribution in [-0.4, -0.2) is 51.7 Å². The third-order valence-electron chi connectivity index (χ3n) is 5.11. The number of nitrogens with zero attached hydrogens (tertiary/aromatic N) is 4. The van der Waals surface area contributed by atoms with Crippen molar-refractivity contribution in [3.05, 3.63) is 65.1 Å². The molecule has 9 nitrogen and oxygen atoms in total. The summed E-state index contributed by atoms with van der Waals surface area (Å²) in [6, 6.07) is 4.96. The highest BCUT2D eigenvalue weighted by Gasteiger charge is 2.16. The molecule has 0 unspecified atom stereocenters. The van der Waals surface area contributed by atoms with E-state index in [2.05, 4.69) is 31.3 Å². The molecule has 1 amide bonds. The Kier molecular flexibility index (Phi) is 8.45. The van der Waals surface area contributed by atoms with Crippen molar-refractivity contribution in [1.29, 1.82) is 0 Å². The van der Waals surface area contributed by atoms with Crippen LogP contribution in [0.2, 0.25) is 0 Å². The Labute approximate surface area is 192 Å². The summed E-state index contributed by atoms with van der Waals surface area (Å²) >= 11 is 0. The predicted molar refractivity (Wildman–Crippen MR) is 124 cm³/mol. The lowest BCUT2D eigenvalue weighted by molar-refractivity contribution is 0.0903. The molecule has 0 aliphatic carbocycles. The van der Waals surface area contributed by atoms with Crippen molar-refractivity contribution in [2.75, 3.05) is 25.6 Å². The first-order valence-corrected chi connectivity index (χ1v) is 10.8. The molecule has 0 radical (unpaired) electrons. The standard InChI is InChI=1S/C22H25FN6O2.CH5N/c1-14-7-16(9-17(23)8-14)11-24-21(30)19-12-29(13-26-19)20-15(2)10-25-22(28-20)27-18-3-5-31-6-4-18;1-2/h7-10,12-13,18H,3-6,11H2,1-2H3,(H,24,30)(H,25,27,28);2H2,1H3. The van der Waals surface area contributed by atoms with Crippen LogP contribution in [-0.2, 0) is 11.3 Å². The minimum Gasteiger partial charge on any atom is -0.381 e. The van der Waals surface area contributed by atoms with E-state index >= 15 is 0 Å². The molecule has 33 heavy (non-hydrogen) atoms. The number of carbonyl (C=O) groups excluding carboxylic acids is 1. The molecule has 176 valence electrons. The third kappa shape index (κ3) is 6.56. The number of carbonyl (C=O) groups is 1. The van der Waals surface area contributed by atoms with Gasteiger partial charge in [0.15, 0.2) is 0 Å². The Morgan fingerprint density at radius 3 is 2.70 bits per heavy atom. The smallest absolute Gasteiger partial charge is 0.271 e. The number of aryl methyl sites for hydroxylation is 2. The van der Waals surface area contributed by atoms with Gasteiger partial charge < -0.3 is 21.1 Å². The van der Waals surface area contributed by atoms with Crippen molar-refractivity contribution < 1.29 is 13.9 Å². The maximum absolute atomic E-state index is 13.5. The van der Waals surface area contributed by atoms with Gasteiger partial charge in [0.2, 0.25) is 5.95 Å². The third-order valence-corrected chi connectivity index (χ3v) is 5.11. The number of nitrogens with one attached hydrogen (secondary N) is 2. The van der Waals surface area contributed by atoms with E-state index in [1.54, 1.807) is 23.3 Å². The molecular weight excluding hydrogens is 425 g/mol. The fourth-order valence-electron chi connectivity index (χ4n) is 3.53. The number of halogens is 1. The van der Waals surface area contributed by atoms with E-state index in [4.69, 9.17) is 4.74 Å². The summed E-state index contributed by atoms with van der Waals surface area (Å²) in [5.41, 5.74) is 7.11. The van der Waals surface area contributed by atoms with Gasteiger partial charge in [-0.2, -0.15) is 4.98 Å². The van der Waals surface area contributed by atoms with Crippen LogP contribution in [0.1, 0.15) is 40.0 Å². The van der Waals surface area contributed by atoms with Crippen molar-refractivity contribution in [1.82, 2.24) is 24.8 Å². The lowest BCUT2D eigenvalue weighted by Gasteiger charge is -2.23. The molecule has 0 atom stereocenters. The van der Waals surface area contributed by atoms with E-state index in [9.17, 15) is 9.18 Å². The highest BCUT2D eigenvalue weighted by atomic mass is 19.1. The van der Waals surface area contributed by atoms with Crippen molar-refractivity contribution in [2.24, 2.45) is 5.73 Å². The number of nitrogens with two attached hydrogens (primary N) is 1. The average molecular weight is 456 g/mol. The number of anilines is 1. The molecule has 2 aromatic heterocycles. The topological polar surface area (TPSA) is 120 Å². The van der Waals surface area contributed by atoms with Crippen LogP contribution >= 0.6 is 0 Å². The molecule has 3 heterocycles. The summed E-state index contributed by atoms with van der Waals surface area (Å²) in [4.78, 5) is 25.7. The molecule has 4 N–H and O–H groups in total. The summed E-state index contributed by atoms with van der Waals surface area (Å²) < 4.78 is 20.6. The van der Waals surface area contributed by atoms with E-state index in [0.29, 0.717) is 17.3 Å². The minimum atomic E-state index is -0.340. The fraction of sp³-hybridized carbons (Fsp3) is 0.391. The fourth-order valence-corrected chi connectivity index (χ4v) is 3.53. The van der Waals surface area contributed by atoms with Gasteiger partial charge in [0, 0.05) is 43.8 Å². The first kappa shape index (κ1) is 24.3. The zero-order valence-electron chi connectivity index (χ0n) is 19.1. The van der Waals surface area contributed by atoms with Gasteiger partial charge in [-0.25, -0.2) is 14.4 Å². The van der Waals surface area contributed by atoms with E-state index in [1.165, 1.54) is 19.2 Å². The highest BCUT2D eigenvalue weighted by molar-refractivity contribution is 5.92. The highest BCUT2D eigenvalue weighted by Crippen LogP contribution is 2.16. The normalized spacial score (nSPS) is 13.7. The van der Waals surface area contributed by atoms with Gasteiger partial charge >= 0.3 is 0 Å². The summed E-state index contributed by atoms with van der Waals surface area (Å²) in [7, 11) is 1.50. The zero-order valence-corrected chi connectivity index (χ0v) is 19.1. The number of rotatable bonds is 6. The number of imidazole rings is 1. The van der Waals surface area contributed by atoms with Gasteiger partial charge in [-0.05, 0) is 57.0 Å². The largest absolute Gasteiger partial charge is 0.381 e. The number of amides is 1. The van der Waals surface area contributed by atoms with Gasteiger partial charge in [-0.3, -0.25) is 9.36 Å². The molecule has 4 rings (SSSR count). The van der Waals surface area contributed by atoms with Crippen molar-refractivity contribution >= 4 is 11.9 Å². The molecule has 0 spiro atoms. The quantitative estimate of drug-likeness (QED) is 0.522. The van der Waals surface area contributed by atoms with Crippen LogP contribution in [0.5, 0.6) is 0 Å². The number of ether oxygens (including phenoxy) is 1. The molecular formula is C23H30FN7O2. The first-order chi connectivity index (χ1) is 16.0. The van der Waals surface area contributed by atoms with Gasteiger partial charge in [-0.15, -0.1) is 0 Å². The maximum atomic E-state index is 13.5. The van der Waals surface area contributed by atoms with Crippen molar-refractivity contribution in [2.45, 2.75) is 39.3 Å². The lowest BCUT2D eigenvalue weighted by atomic mass is 10.1. The zero-order chi connectivity index (χ0) is 23.8. The van der Waals surface area contributed by atoms with Crippen LogP contribution in [0.4, 0.5) is 10.3 Å². The number of benzene rings is 1. The summed E-state index contributed by atoms with van der Waals surface area (Å²) in [5, 5.41) is 6.13. The van der Waals surface area contributed by atoms with E-state index in [0.717, 1.165) is 37.2 Å². The van der Waals surface area contributed by atoms with E-state index in [1.807, 2.05) is 19.9 Å². The monoisotopic (exact) mass is 455 g/mol. The maximum Gasteiger partial charge on any atom is 0.271 e. The first-order valence-electron chi connectivity index (χ1n) is 10.8. The van der Waals surface area contributed by atoms with E-state index < -0.39 is 0 Å². The van der Waals surface area contributed by atoms with Gasteiger partial charge in [-0.1, -0.05) is 6.07 Å². The van der Waals surface area contributed by atoms with Crippen molar-refractivity contribution in [3.63, 3.8) is 0 Å². The Balaban J connectivity index is 0.00000149. The molecule has 0 bridgehead atoms. The van der Waals surface area contributed by atoms with Gasteiger partial charge in [0.1, 0.15) is 23.7 Å². The van der Waals surface area contributed by atoms with E-state index in [-0.39, 0.29) is 30.0 Å². The summed E-state index contributed by atoms with van der Waals surface area (Å²) in [5.74, 6) is 0.524. The van der Waals surface area contributed by atoms with Crippen molar-refractivity contribution in [3.8, 4) is 5.82 Å². The molecule has 1 fully saturated rings. The molecule has 10 heteroatoms. The Morgan fingerprint density at radius 1 is 1.21 bits per heavy atom. The van der Waals surface area contributed by atoms with Gasteiger partial charge in [0.05, 0.1) is 0 Å². The minimum absolute atomic E-state index is 0.218. The van der Waals surface area contributed by atoms with Crippen LogP contribution in [0.15, 0.2) is 36.9 Å². The SMILES string of the molecule is CN.Cc1cc(F)cc(CNC(=O)c2cn(-c3nc(NC4CCOCC4)ncc3C)cn2)c1. The molecule has 0 saturated carbocycles. The van der Waals surface area contributed by atoms with Crippen LogP contribution < -0.4 is 16.4 Å². The van der Waals surface area contributed by atoms with Crippen LogP contribution in [0.25, 0.3) is 5.82 Å². The molecule has 1 aromatic carbocycles. The molecule has 3 aromatic rings. The predicted octanol–water partition coefficient (Wildman–Crippen LogP) is 2.51. The Hall–Kier alpha value is -3.37.